The zero-order valence-electron chi connectivity index (χ0n) is 10.9. The molecule has 102 valence electrons. The third kappa shape index (κ3) is 2.74. The monoisotopic (exact) mass is 323 g/mol. The van der Waals surface area contributed by atoms with Crippen molar-refractivity contribution in [2.45, 2.75) is 37.8 Å². The third-order valence-electron chi connectivity index (χ3n) is 3.78. The maximum atomic E-state index is 4.52. The highest BCUT2D eigenvalue weighted by atomic mass is 79.9. The van der Waals surface area contributed by atoms with Crippen molar-refractivity contribution in [3.05, 3.63) is 22.8 Å². The Hall–Kier alpha value is -1.14. The fraction of sp³-hybridized carbons (Fsp3) is 0.538. The van der Waals surface area contributed by atoms with Gasteiger partial charge in [0.2, 0.25) is 5.95 Å². The van der Waals surface area contributed by atoms with Crippen LogP contribution in [0.1, 0.15) is 25.7 Å². The maximum absolute atomic E-state index is 4.52. The summed E-state index contributed by atoms with van der Waals surface area (Å²) in [5, 5.41) is 11.3. The van der Waals surface area contributed by atoms with Crippen molar-refractivity contribution in [2.75, 3.05) is 12.4 Å². The standard InChI is InChI=1S/C13H18BrN5/c1-15-9-4-6-10(7-5-9)16-13-17-12-11(14)3-2-8-19(12)18-13/h2-3,8-10,15H,4-7H2,1H3,(H,16,18). The first-order valence-electron chi connectivity index (χ1n) is 6.71. The number of hydrogen-bond donors (Lipinski definition) is 2. The zero-order valence-corrected chi connectivity index (χ0v) is 12.5. The average molecular weight is 324 g/mol. The van der Waals surface area contributed by atoms with Crippen molar-refractivity contribution in [3.8, 4) is 0 Å². The molecule has 5 nitrogen and oxygen atoms in total. The van der Waals surface area contributed by atoms with E-state index >= 15 is 0 Å². The summed E-state index contributed by atoms with van der Waals surface area (Å²) in [6.07, 6.45) is 6.68. The van der Waals surface area contributed by atoms with Gasteiger partial charge in [-0.05, 0) is 60.8 Å². The minimum Gasteiger partial charge on any atom is -0.350 e. The van der Waals surface area contributed by atoms with Crippen LogP contribution in [0.4, 0.5) is 5.95 Å². The van der Waals surface area contributed by atoms with E-state index in [1.165, 1.54) is 25.7 Å². The van der Waals surface area contributed by atoms with Crippen LogP contribution >= 0.6 is 15.9 Å². The number of fused-ring (bicyclic) bond motifs is 1. The second-order valence-electron chi connectivity index (χ2n) is 5.04. The van der Waals surface area contributed by atoms with E-state index in [9.17, 15) is 0 Å². The Morgan fingerprint density at radius 1 is 1.26 bits per heavy atom. The van der Waals surface area contributed by atoms with Crippen LogP contribution in [0.25, 0.3) is 5.65 Å². The van der Waals surface area contributed by atoms with Crippen LogP contribution in [0, 0.1) is 0 Å². The second kappa shape index (κ2) is 5.46. The first-order valence-corrected chi connectivity index (χ1v) is 7.50. The molecule has 6 heteroatoms. The van der Waals surface area contributed by atoms with E-state index in [0.717, 1.165) is 16.1 Å². The predicted molar refractivity (Wildman–Crippen MR) is 79.4 cm³/mol. The zero-order chi connectivity index (χ0) is 13.2. The van der Waals surface area contributed by atoms with Crippen molar-refractivity contribution in [2.24, 2.45) is 0 Å². The molecule has 2 N–H and O–H groups in total. The van der Waals surface area contributed by atoms with Crippen molar-refractivity contribution in [1.82, 2.24) is 19.9 Å². The minimum atomic E-state index is 0.487. The number of pyridine rings is 1. The van der Waals surface area contributed by atoms with Gasteiger partial charge in [-0.3, -0.25) is 0 Å². The molecule has 3 rings (SSSR count). The molecular weight excluding hydrogens is 306 g/mol. The lowest BCUT2D eigenvalue weighted by Crippen LogP contribution is -2.35. The van der Waals surface area contributed by atoms with Crippen LogP contribution < -0.4 is 10.6 Å². The van der Waals surface area contributed by atoms with E-state index in [4.69, 9.17) is 0 Å². The highest BCUT2D eigenvalue weighted by Gasteiger charge is 2.20. The summed E-state index contributed by atoms with van der Waals surface area (Å²) in [4.78, 5) is 4.52. The Labute approximate surface area is 120 Å². The van der Waals surface area contributed by atoms with E-state index in [1.807, 2.05) is 25.4 Å². The topological polar surface area (TPSA) is 54.2 Å². The molecular formula is C13H18BrN5. The van der Waals surface area contributed by atoms with Crippen LogP contribution in [0.2, 0.25) is 0 Å². The number of anilines is 1. The number of hydrogen-bond acceptors (Lipinski definition) is 4. The molecule has 0 aromatic carbocycles. The lowest BCUT2D eigenvalue weighted by Gasteiger charge is -2.28. The summed E-state index contributed by atoms with van der Waals surface area (Å²) in [6, 6.07) is 5.08. The first-order chi connectivity index (χ1) is 9.26. The molecule has 2 heterocycles. The SMILES string of the molecule is CNC1CCC(Nc2nc3c(Br)cccn3n2)CC1. The Morgan fingerprint density at radius 3 is 2.68 bits per heavy atom. The Bertz CT molecular complexity index is 559. The summed E-state index contributed by atoms with van der Waals surface area (Å²) >= 11 is 3.49. The maximum Gasteiger partial charge on any atom is 0.243 e. The molecule has 2 aromatic rings. The molecule has 0 atom stereocenters. The van der Waals surface area contributed by atoms with Gasteiger partial charge in [-0.2, -0.15) is 4.98 Å². The van der Waals surface area contributed by atoms with Gasteiger partial charge in [0.15, 0.2) is 5.65 Å². The average Bonchev–Trinajstić information content (AvgIpc) is 2.84. The molecule has 1 fully saturated rings. The van der Waals surface area contributed by atoms with Crippen LogP contribution in [-0.4, -0.2) is 33.7 Å². The first kappa shape index (κ1) is 12.9. The Morgan fingerprint density at radius 2 is 2.00 bits per heavy atom. The van der Waals surface area contributed by atoms with Crippen LogP contribution in [0.5, 0.6) is 0 Å². The van der Waals surface area contributed by atoms with Crippen LogP contribution in [0.15, 0.2) is 22.8 Å². The van der Waals surface area contributed by atoms with Crippen LogP contribution in [-0.2, 0) is 0 Å². The van der Waals surface area contributed by atoms with Crippen molar-refractivity contribution >= 4 is 27.5 Å². The fourth-order valence-electron chi connectivity index (χ4n) is 2.64. The number of nitrogens with zero attached hydrogens (tertiary/aromatic N) is 3. The van der Waals surface area contributed by atoms with Gasteiger partial charge in [-0.15, -0.1) is 5.10 Å². The van der Waals surface area contributed by atoms with Crippen molar-refractivity contribution < 1.29 is 0 Å². The summed E-state index contributed by atoms with van der Waals surface area (Å²) in [5.41, 5.74) is 0.855. The van der Waals surface area contributed by atoms with Gasteiger partial charge >= 0.3 is 0 Å². The number of halogens is 1. The van der Waals surface area contributed by atoms with E-state index in [-0.39, 0.29) is 0 Å². The molecule has 0 bridgehead atoms. The summed E-state index contributed by atoms with van der Waals surface area (Å²) in [5.74, 6) is 0.722. The van der Waals surface area contributed by atoms with Gasteiger partial charge in [0.05, 0.1) is 4.47 Å². The number of nitrogens with one attached hydrogen (secondary N) is 2. The second-order valence-corrected chi connectivity index (χ2v) is 5.90. The highest BCUT2D eigenvalue weighted by Crippen LogP contribution is 2.22. The Kier molecular flexibility index (Phi) is 3.70. The molecule has 1 aliphatic rings. The van der Waals surface area contributed by atoms with E-state index in [0.29, 0.717) is 12.1 Å². The van der Waals surface area contributed by atoms with Crippen molar-refractivity contribution in [1.29, 1.82) is 0 Å². The van der Waals surface area contributed by atoms with Gasteiger partial charge < -0.3 is 10.6 Å². The molecule has 0 radical (unpaired) electrons. The number of rotatable bonds is 3. The van der Waals surface area contributed by atoms with Gasteiger partial charge in [-0.25, -0.2) is 4.52 Å². The normalized spacial score (nSPS) is 23.7. The minimum absolute atomic E-state index is 0.487. The Balaban J connectivity index is 1.70. The molecule has 0 aliphatic heterocycles. The van der Waals surface area contributed by atoms with Crippen LogP contribution in [0.3, 0.4) is 0 Å². The molecule has 0 amide bonds. The molecule has 0 unspecified atom stereocenters. The summed E-state index contributed by atoms with van der Waals surface area (Å²) in [6.45, 7) is 0. The fourth-order valence-corrected chi connectivity index (χ4v) is 3.07. The predicted octanol–water partition coefficient (Wildman–Crippen LogP) is 2.43. The molecule has 0 spiro atoms. The van der Waals surface area contributed by atoms with Gasteiger partial charge in [0, 0.05) is 18.3 Å². The van der Waals surface area contributed by atoms with E-state index in [2.05, 4.69) is 36.6 Å². The third-order valence-corrected chi connectivity index (χ3v) is 4.40. The highest BCUT2D eigenvalue weighted by molar-refractivity contribution is 9.10. The molecule has 1 aliphatic carbocycles. The summed E-state index contributed by atoms with van der Waals surface area (Å²) in [7, 11) is 2.04. The lowest BCUT2D eigenvalue weighted by molar-refractivity contribution is 0.370. The quantitative estimate of drug-likeness (QED) is 0.911. The largest absolute Gasteiger partial charge is 0.350 e. The lowest BCUT2D eigenvalue weighted by atomic mass is 9.91. The molecule has 2 aromatic heterocycles. The van der Waals surface area contributed by atoms with Crippen molar-refractivity contribution in [3.63, 3.8) is 0 Å². The smallest absolute Gasteiger partial charge is 0.243 e. The van der Waals surface area contributed by atoms with Gasteiger partial charge in [-0.1, -0.05) is 0 Å². The molecule has 19 heavy (non-hydrogen) atoms. The molecule has 1 saturated carbocycles. The van der Waals surface area contributed by atoms with E-state index < -0.39 is 0 Å². The van der Waals surface area contributed by atoms with E-state index in [1.54, 1.807) is 4.52 Å². The van der Waals surface area contributed by atoms with Gasteiger partial charge in [0.1, 0.15) is 0 Å². The number of aromatic nitrogens is 3. The van der Waals surface area contributed by atoms with Gasteiger partial charge in [0.25, 0.3) is 0 Å². The summed E-state index contributed by atoms with van der Waals surface area (Å²) < 4.78 is 2.76. The molecule has 0 saturated heterocycles.